The lowest BCUT2D eigenvalue weighted by Gasteiger charge is -2.26. The summed E-state index contributed by atoms with van der Waals surface area (Å²) in [5.74, 6) is -0.454. The minimum absolute atomic E-state index is 0.0456. The van der Waals surface area contributed by atoms with Gasteiger partial charge in [0.2, 0.25) is 0 Å². The van der Waals surface area contributed by atoms with Crippen LogP contribution in [0.1, 0.15) is 15.9 Å². The molecule has 7 heteroatoms. The molecule has 1 aromatic heterocycles. The molecule has 0 spiro atoms. The van der Waals surface area contributed by atoms with E-state index in [1.807, 2.05) is 12.1 Å². The van der Waals surface area contributed by atoms with Gasteiger partial charge in [0.25, 0.3) is 5.91 Å². The van der Waals surface area contributed by atoms with Crippen molar-refractivity contribution in [3.05, 3.63) is 41.7 Å². The molecule has 0 unspecified atom stereocenters. The Balaban J connectivity index is 1.86. The Kier molecular flexibility index (Phi) is 3.09. The Labute approximate surface area is 120 Å². The first-order chi connectivity index (χ1) is 10.0. The van der Waals surface area contributed by atoms with E-state index >= 15 is 0 Å². The van der Waals surface area contributed by atoms with Crippen LogP contribution in [0, 0.1) is 0 Å². The highest BCUT2D eigenvalue weighted by atomic mass is 16.5. The lowest BCUT2D eigenvalue weighted by atomic mass is 10.1. The maximum Gasteiger partial charge on any atom is 0.338 e. The zero-order valence-electron chi connectivity index (χ0n) is 11.3. The summed E-state index contributed by atoms with van der Waals surface area (Å²) in [7, 11) is 1.70. The molecule has 21 heavy (non-hydrogen) atoms. The zero-order chi connectivity index (χ0) is 15.0. The van der Waals surface area contributed by atoms with E-state index < -0.39 is 5.97 Å². The van der Waals surface area contributed by atoms with Gasteiger partial charge >= 0.3 is 5.97 Å². The van der Waals surface area contributed by atoms with Crippen molar-refractivity contribution in [2.75, 3.05) is 18.6 Å². The SMILES string of the molecule is CN1C(=O)COc2ccc(Cn3cc(C(=O)O)cn3)cc21. The number of aromatic carboxylic acids is 1. The number of carbonyl (C=O) groups excluding carboxylic acids is 1. The lowest BCUT2D eigenvalue weighted by Crippen LogP contribution is -2.35. The van der Waals surface area contributed by atoms with E-state index in [1.165, 1.54) is 17.1 Å². The van der Waals surface area contributed by atoms with Crippen LogP contribution in [-0.4, -0.2) is 40.4 Å². The second-order valence-electron chi connectivity index (χ2n) is 4.78. The number of anilines is 1. The molecule has 0 atom stereocenters. The van der Waals surface area contributed by atoms with E-state index in [-0.39, 0.29) is 18.1 Å². The van der Waals surface area contributed by atoms with Crippen molar-refractivity contribution in [1.82, 2.24) is 9.78 Å². The van der Waals surface area contributed by atoms with Gasteiger partial charge in [0.05, 0.1) is 24.0 Å². The average Bonchev–Trinajstić information content (AvgIpc) is 2.92. The number of hydrogen-bond donors (Lipinski definition) is 1. The summed E-state index contributed by atoms with van der Waals surface area (Å²) in [5, 5.41) is 12.9. The molecule has 0 fully saturated rings. The summed E-state index contributed by atoms with van der Waals surface area (Å²) < 4.78 is 6.89. The molecular weight excluding hydrogens is 274 g/mol. The second kappa shape index (κ2) is 4.93. The topological polar surface area (TPSA) is 84.7 Å². The molecule has 108 valence electrons. The Morgan fingerprint density at radius 1 is 1.48 bits per heavy atom. The van der Waals surface area contributed by atoms with E-state index in [0.717, 1.165) is 5.56 Å². The standard InChI is InChI=1S/C14H13N3O4/c1-16-11-4-9(2-3-12(11)21-8-13(16)18)6-17-7-10(5-15-17)14(19)20/h2-5,7H,6,8H2,1H3,(H,19,20). The normalized spacial score (nSPS) is 13.8. The number of likely N-dealkylation sites (N-methyl/N-ethyl adjacent to an activating group) is 1. The molecule has 0 aliphatic carbocycles. The van der Waals surface area contributed by atoms with Crippen LogP contribution in [0.25, 0.3) is 0 Å². The molecule has 2 aromatic rings. The van der Waals surface area contributed by atoms with Crippen molar-refractivity contribution < 1.29 is 19.4 Å². The average molecular weight is 287 g/mol. The third-order valence-electron chi connectivity index (χ3n) is 3.33. The monoisotopic (exact) mass is 287 g/mol. The molecule has 0 bridgehead atoms. The second-order valence-corrected chi connectivity index (χ2v) is 4.78. The minimum atomic E-state index is -1.01. The molecular formula is C14H13N3O4. The number of aromatic nitrogens is 2. The summed E-state index contributed by atoms with van der Waals surface area (Å²) >= 11 is 0. The number of hydrogen-bond acceptors (Lipinski definition) is 4. The summed E-state index contributed by atoms with van der Waals surface area (Å²) in [5.41, 5.74) is 1.75. The third kappa shape index (κ3) is 2.45. The maximum atomic E-state index is 11.6. The molecule has 1 aliphatic heterocycles. The van der Waals surface area contributed by atoms with Gasteiger partial charge in [0, 0.05) is 13.2 Å². The number of carbonyl (C=O) groups is 2. The molecule has 1 amide bonds. The number of nitrogens with zero attached hydrogens (tertiary/aromatic N) is 3. The summed E-state index contributed by atoms with van der Waals surface area (Å²) in [4.78, 5) is 24.0. The predicted octanol–water partition coefficient (Wildman–Crippen LogP) is 0.985. The number of fused-ring (bicyclic) bond motifs is 1. The summed E-state index contributed by atoms with van der Waals surface area (Å²) in [6.45, 7) is 0.465. The Hall–Kier alpha value is -2.83. The maximum absolute atomic E-state index is 11.6. The van der Waals surface area contributed by atoms with Crippen LogP contribution >= 0.6 is 0 Å². The number of amides is 1. The van der Waals surface area contributed by atoms with Gasteiger partial charge in [-0.3, -0.25) is 9.48 Å². The van der Waals surface area contributed by atoms with Gasteiger partial charge in [-0.15, -0.1) is 0 Å². The fourth-order valence-corrected chi connectivity index (χ4v) is 2.16. The largest absolute Gasteiger partial charge is 0.482 e. The zero-order valence-corrected chi connectivity index (χ0v) is 11.3. The highest BCUT2D eigenvalue weighted by Crippen LogP contribution is 2.32. The molecule has 0 radical (unpaired) electrons. The highest BCUT2D eigenvalue weighted by Gasteiger charge is 2.22. The van der Waals surface area contributed by atoms with Crippen LogP contribution in [0.3, 0.4) is 0 Å². The van der Waals surface area contributed by atoms with Crippen molar-refractivity contribution in [3.63, 3.8) is 0 Å². The van der Waals surface area contributed by atoms with E-state index in [1.54, 1.807) is 18.0 Å². The van der Waals surface area contributed by atoms with Gasteiger partial charge in [0.1, 0.15) is 5.75 Å². The highest BCUT2D eigenvalue weighted by molar-refractivity contribution is 5.97. The van der Waals surface area contributed by atoms with Crippen molar-refractivity contribution in [3.8, 4) is 5.75 Å². The van der Waals surface area contributed by atoms with Gasteiger partial charge < -0.3 is 14.7 Å². The first kappa shape index (κ1) is 13.2. The first-order valence-corrected chi connectivity index (χ1v) is 6.32. The van der Waals surface area contributed by atoms with Crippen LogP contribution in [0.4, 0.5) is 5.69 Å². The molecule has 1 aromatic carbocycles. The number of ether oxygens (including phenoxy) is 1. The predicted molar refractivity (Wildman–Crippen MR) is 73.6 cm³/mol. The quantitative estimate of drug-likeness (QED) is 0.909. The number of carboxylic acids is 1. The molecule has 1 N–H and O–H groups in total. The van der Waals surface area contributed by atoms with E-state index in [2.05, 4.69) is 5.10 Å². The molecule has 7 nitrogen and oxygen atoms in total. The van der Waals surface area contributed by atoms with Crippen LogP contribution in [0.5, 0.6) is 5.75 Å². The fourth-order valence-electron chi connectivity index (χ4n) is 2.16. The smallest absolute Gasteiger partial charge is 0.338 e. The van der Waals surface area contributed by atoms with E-state index in [9.17, 15) is 9.59 Å². The Morgan fingerprint density at radius 2 is 2.29 bits per heavy atom. The lowest BCUT2D eigenvalue weighted by molar-refractivity contribution is -0.120. The van der Waals surface area contributed by atoms with Crippen molar-refractivity contribution >= 4 is 17.6 Å². The van der Waals surface area contributed by atoms with Gasteiger partial charge in [-0.2, -0.15) is 5.10 Å². The summed E-state index contributed by atoms with van der Waals surface area (Å²) in [6, 6.07) is 5.51. The van der Waals surface area contributed by atoms with Gasteiger partial charge in [-0.1, -0.05) is 6.07 Å². The Morgan fingerprint density at radius 3 is 3.00 bits per heavy atom. The van der Waals surface area contributed by atoms with Crippen LogP contribution in [0.2, 0.25) is 0 Å². The van der Waals surface area contributed by atoms with Crippen molar-refractivity contribution in [2.24, 2.45) is 0 Å². The third-order valence-corrected chi connectivity index (χ3v) is 3.33. The number of carboxylic acid groups (broad SMARTS) is 1. The molecule has 2 heterocycles. The van der Waals surface area contributed by atoms with Gasteiger partial charge in [-0.05, 0) is 17.7 Å². The van der Waals surface area contributed by atoms with Crippen LogP contribution < -0.4 is 9.64 Å². The molecule has 0 saturated heterocycles. The van der Waals surface area contributed by atoms with E-state index in [0.29, 0.717) is 18.0 Å². The van der Waals surface area contributed by atoms with Crippen LogP contribution in [-0.2, 0) is 11.3 Å². The van der Waals surface area contributed by atoms with Gasteiger partial charge in [-0.25, -0.2) is 4.79 Å². The summed E-state index contributed by atoms with van der Waals surface area (Å²) in [6.07, 6.45) is 2.77. The molecule has 1 aliphatic rings. The van der Waals surface area contributed by atoms with Crippen LogP contribution in [0.15, 0.2) is 30.6 Å². The molecule has 0 saturated carbocycles. The van der Waals surface area contributed by atoms with Crippen molar-refractivity contribution in [1.29, 1.82) is 0 Å². The Bertz CT molecular complexity index is 723. The molecule has 3 rings (SSSR count). The van der Waals surface area contributed by atoms with E-state index in [4.69, 9.17) is 9.84 Å². The number of rotatable bonds is 3. The number of benzene rings is 1. The first-order valence-electron chi connectivity index (χ1n) is 6.32. The van der Waals surface area contributed by atoms with Crippen molar-refractivity contribution in [2.45, 2.75) is 6.54 Å². The minimum Gasteiger partial charge on any atom is -0.482 e. The fraction of sp³-hybridized carbons (Fsp3) is 0.214. The van der Waals surface area contributed by atoms with Gasteiger partial charge in [0.15, 0.2) is 6.61 Å².